The fraction of sp³-hybridized carbons (Fsp3) is 0.333. The van der Waals surface area contributed by atoms with Gasteiger partial charge >= 0.3 is 11.7 Å². The topological polar surface area (TPSA) is 67.2 Å². The van der Waals surface area contributed by atoms with Crippen molar-refractivity contribution in [2.75, 3.05) is 0 Å². The summed E-state index contributed by atoms with van der Waals surface area (Å²) in [6.45, 7) is 1.95. The zero-order valence-corrected chi connectivity index (χ0v) is 5.64. The van der Waals surface area contributed by atoms with Crippen LogP contribution in [0, 0.1) is 0 Å². The van der Waals surface area contributed by atoms with Gasteiger partial charge in [0.05, 0.1) is 5.69 Å². The summed E-state index contributed by atoms with van der Waals surface area (Å²) in [4.78, 5) is 10.3. The molecule has 1 aromatic rings. The SMILES string of the molecule is CCc1cc(C(=O)O)[nH+][nH]1. The number of aromatic amines is 2. The summed E-state index contributed by atoms with van der Waals surface area (Å²) in [5, 5.41) is 13.7. The van der Waals surface area contributed by atoms with Gasteiger partial charge in [0.25, 0.3) is 0 Å². The number of rotatable bonds is 2. The molecule has 1 heterocycles. The number of carboxylic acids is 1. The number of carbonyl (C=O) groups is 1. The molecule has 0 aromatic carbocycles. The van der Waals surface area contributed by atoms with E-state index in [9.17, 15) is 4.79 Å². The molecule has 0 fully saturated rings. The molecule has 0 bridgehead atoms. The standard InChI is InChI=1S/C6H8N2O2/c1-2-4-3-5(6(9)10)8-7-4/h3H,2H2,1H3,(H,7,8)(H,9,10)/p+1. The first-order valence-electron chi connectivity index (χ1n) is 3.07. The fourth-order valence-corrected chi connectivity index (χ4v) is 0.700. The van der Waals surface area contributed by atoms with Crippen molar-refractivity contribution in [1.82, 2.24) is 5.10 Å². The Morgan fingerprint density at radius 2 is 2.60 bits per heavy atom. The predicted molar refractivity (Wildman–Crippen MR) is 33.7 cm³/mol. The van der Waals surface area contributed by atoms with E-state index in [-0.39, 0.29) is 5.69 Å². The lowest BCUT2D eigenvalue weighted by atomic mass is 10.3. The second-order valence-corrected chi connectivity index (χ2v) is 1.99. The average Bonchev–Trinajstić information content (AvgIpc) is 2.34. The molecule has 3 N–H and O–H groups in total. The Morgan fingerprint density at radius 1 is 1.90 bits per heavy atom. The number of hydrogen-bond donors (Lipinski definition) is 2. The van der Waals surface area contributed by atoms with Gasteiger partial charge in [0.15, 0.2) is 0 Å². The number of hydrogen-bond acceptors (Lipinski definition) is 1. The highest BCUT2D eigenvalue weighted by Crippen LogP contribution is 1.95. The molecule has 0 amide bonds. The molecule has 4 heteroatoms. The third kappa shape index (κ3) is 1.15. The van der Waals surface area contributed by atoms with E-state index in [4.69, 9.17) is 5.11 Å². The maximum atomic E-state index is 10.3. The summed E-state index contributed by atoms with van der Waals surface area (Å²) in [7, 11) is 0. The van der Waals surface area contributed by atoms with Gasteiger partial charge in [0.1, 0.15) is 0 Å². The van der Waals surface area contributed by atoms with E-state index in [0.29, 0.717) is 0 Å². The lowest BCUT2D eigenvalue weighted by molar-refractivity contribution is -0.454. The molecular weight excluding hydrogens is 132 g/mol. The largest absolute Gasteiger partial charge is 0.473 e. The normalized spacial score (nSPS) is 9.70. The first-order chi connectivity index (χ1) is 4.74. The van der Waals surface area contributed by atoms with Crippen LogP contribution in [0.2, 0.25) is 0 Å². The summed E-state index contributed by atoms with van der Waals surface area (Å²) in [6.07, 6.45) is 0.809. The van der Waals surface area contributed by atoms with E-state index in [2.05, 4.69) is 10.2 Å². The highest BCUT2D eigenvalue weighted by atomic mass is 16.4. The summed E-state index contributed by atoms with van der Waals surface area (Å²) >= 11 is 0. The van der Waals surface area contributed by atoms with Gasteiger partial charge in [-0.15, -0.1) is 5.10 Å². The second kappa shape index (κ2) is 2.51. The zero-order chi connectivity index (χ0) is 7.56. The van der Waals surface area contributed by atoms with E-state index in [1.165, 1.54) is 0 Å². The third-order valence-electron chi connectivity index (χ3n) is 1.29. The van der Waals surface area contributed by atoms with Crippen molar-refractivity contribution in [2.45, 2.75) is 13.3 Å². The fourth-order valence-electron chi connectivity index (χ4n) is 0.700. The van der Waals surface area contributed by atoms with Gasteiger partial charge in [0, 0.05) is 6.07 Å². The number of nitrogens with one attached hydrogen (secondary N) is 2. The van der Waals surface area contributed by atoms with Gasteiger partial charge in [-0.05, 0) is 6.42 Å². The molecule has 1 rings (SSSR count). The quantitative estimate of drug-likeness (QED) is 0.612. The highest BCUT2D eigenvalue weighted by molar-refractivity contribution is 5.83. The number of aryl methyl sites for hydroxylation is 1. The highest BCUT2D eigenvalue weighted by Gasteiger charge is 2.12. The van der Waals surface area contributed by atoms with Crippen molar-refractivity contribution < 1.29 is 15.0 Å². The van der Waals surface area contributed by atoms with Gasteiger partial charge in [-0.2, -0.15) is 5.10 Å². The number of aromatic nitrogens is 2. The molecule has 0 saturated carbocycles. The minimum atomic E-state index is -0.934. The van der Waals surface area contributed by atoms with Crippen LogP contribution in [0.4, 0.5) is 0 Å². The number of aromatic carboxylic acids is 1. The van der Waals surface area contributed by atoms with Gasteiger partial charge in [-0.3, -0.25) is 0 Å². The smallest absolute Gasteiger partial charge is 0.403 e. The average molecular weight is 141 g/mol. The molecule has 0 aliphatic rings. The van der Waals surface area contributed by atoms with E-state index in [1.54, 1.807) is 6.07 Å². The molecular formula is C6H9N2O2+. The molecule has 0 radical (unpaired) electrons. The Labute approximate surface area is 57.9 Å². The monoisotopic (exact) mass is 141 g/mol. The Morgan fingerprint density at radius 3 is 2.90 bits per heavy atom. The van der Waals surface area contributed by atoms with Crippen LogP contribution in [-0.2, 0) is 6.42 Å². The Kier molecular flexibility index (Phi) is 1.71. The van der Waals surface area contributed by atoms with Crippen LogP contribution >= 0.6 is 0 Å². The van der Waals surface area contributed by atoms with Crippen LogP contribution in [0.1, 0.15) is 23.1 Å². The van der Waals surface area contributed by atoms with Crippen LogP contribution in [0.5, 0.6) is 0 Å². The molecule has 4 nitrogen and oxygen atoms in total. The third-order valence-corrected chi connectivity index (χ3v) is 1.29. The number of H-pyrrole nitrogens is 2. The van der Waals surface area contributed by atoms with Crippen molar-refractivity contribution in [3.05, 3.63) is 17.5 Å². The minimum absolute atomic E-state index is 0.205. The van der Waals surface area contributed by atoms with Crippen LogP contribution in [0.15, 0.2) is 6.07 Å². The van der Waals surface area contributed by atoms with Crippen molar-refractivity contribution in [2.24, 2.45) is 0 Å². The van der Waals surface area contributed by atoms with Gasteiger partial charge in [0.2, 0.25) is 0 Å². The molecule has 1 aromatic heterocycles. The lowest BCUT2D eigenvalue weighted by Gasteiger charge is -1.76. The van der Waals surface area contributed by atoms with Gasteiger partial charge < -0.3 is 5.11 Å². The molecule has 0 aliphatic carbocycles. The maximum Gasteiger partial charge on any atom is 0.403 e. The second-order valence-electron chi connectivity index (χ2n) is 1.99. The lowest BCUT2D eigenvalue weighted by Crippen LogP contribution is -2.13. The van der Waals surface area contributed by atoms with Crippen molar-refractivity contribution in [3.8, 4) is 0 Å². The Bertz CT molecular complexity index is 242. The molecule has 0 unspecified atom stereocenters. The summed E-state index contributed by atoms with van der Waals surface area (Å²) in [5.41, 5.74) is 1.11. The van der Waals surface area contributed by atoms with Crippen LogP contribution in [-0.4, -0.2) is 16.2 Å². The number of carboxylic acid groups (broad SMARTS) is 1. The van der Waals surface area contributed by atoms with Crippen LogP contribution in [0.25, 0.3) is 0 Å². The van der Waals surface area contributed by atoms with Crippen LogP contribution in [0.3, 0.4) is 0 Å². The van der Waals surface area contributed by atoms with Gasteiger partial charge in [-0.1, -0.05) is 6.92 Å². The molecule has 10 heavy (non-hydrogen) atoms. The minimum Gasteiger partial charge on any atom is -0.473 e. The van der Waals surface area contributed by atoms with E-state index < -0.39 is 5.97 Å². The van der Waals surface area contributed by atoms with E-state index in [1.807, 2.05) is 6.92 Å². The van der Waals surface area contributed by atoms with Crippen molar-refractivity contribution in [1.29, 1.82) is 0 Å². The summed E-state index contributed by atoms with van der Waals surface area (Å²) in [5.74, 6) is -0.934. The van der Waals surface area contributed by atoms with Gasteiger partial charge in [-0.25, -0.2) is 4.79 Å². The molecule has 0 atom stereocenters. The van der Waals surface area contributed by atoms with E-state index >= 15 is 0 Å². The van der Waals surface area contributed by atoms with Crippen molar-refractivity contribution >= 4 is 5.97 Å². The summed E-state index contributed by atoms with van der Waals surface area (Å²) < 4.78 is 0. The first-order valence-corrected chi connectivity index (χ1v) is 3.07. The molecule has 0 spiro atoms. The maximum absolute atomic E-state index is 10.3. The Balaban J connectivity index is 2.88. The molecule has 0 saturated heterocycles. The zero-order valence-electron chi connectivity index (χ0n) is 5.64. The molecule has 54 valence electrons. The van der Waals surface area contributed by atoms with E-state index in [0.717, 1.165) is 12.1 Å². The predicted octanol–water partition coefficient (Wildman–Crippen LogP) is 0.0894. The molecule has 0 aliphatic heterocycles. The van der Waals surface area contributed by atoms with Crippen LogP contribution < -0.4 is 5.10 Å². The Hall–Kier alpha value is -1.32. The summed E-state index contributed by atoms with van der Waals surface area (Å²) in [6, 6.07) is 1.59. The first kappa shape index (κ1) is 6.80. The van der Waals surface area contributed by atoms with Crippen molar-refractivity contribution in [3.63, 3.8) is 0 Å².